The Balaban J connectivity index is 1.88. The Morgan fingerprint density at radius 2 is 1.76 bits per heavy atom. The number of rotatable bonds is 7. The minimum Gasteiger partial charge on any atom is -0.355 e. The van der Waals surface area contributed by atoms with Crippen LogP contribution in [0.15, 0.2) is 24.3 Å². The molecule has 2 amide bonds. The standard InChI is InChI=1S/C20H31N3O2/c1-4-23(18-8-6-5-7-9-18)19(24)15-22(3)14-16-10-12-17(13-11-16)20(25)21-2/h10-13,18H,4-9,14-15H2,1-3H3,(H,21,25). The number of carbonyl (C=O) groups is 2. The lowest BCUT2D eigenvalue weighted by molar-refractivity contribution is -0.135. The van der Waals surface area contributed by atoms with Crippen molar-refractivity contribution < 1.29 is 9.59 Å². The van der Waals surface area contributed by atoms with Gasteiger partial charge in [-0.2, -0.15) is 0 Å². The first-order valence-electron chi connectivity index (χ1n) is 9.34. The zero-order valence-electron chi connectivity index (χ0n) is 15.8. The highest BCUT2D eigenvalue weighted by Gasteiger charge is 2.24. The van der Waals surface area contributed by atoms with Crippen molar-refractivity contribution in [1.29, 1.82) is 0 Å². The monoisotopic (exact) mass is 345 g/mol. The summed E-state index contributed by atoms with van der Waals surface area (Å²) in [6.45, 7) is 3.99. The summed E-state index contributed by atoms with van der Waals surface area (Å²) in [5.74, 6) is 0.139. The Labute approximate surface area is 151 Å². The molecule has 1 aromatic rings. The summed E-state index contributed by atoms with van der Waals surface area (Å²) in [6.07, 6.45) is 6.06. The predicted octanol–water partition coefficient (Wildman–Crippen LogP) is 2.66. The summed E-state index contributed by atoms with van der Waals surface area (Å²) in [5.41, 5.74) is 1.75. The second kappa shape index (κ2) is 9.56. The third kappa shape index (κ3) is 5.56. The molecule has 1 aliphatic carbocycles. The van der Waals surface area contributed by atoms with E-state index in [1.807, 2.05) is 36.2 Å². The van der Waals surface area contributed by atoms with Crippen molar-refractivity contribution in [3.8, 4) is 0 Å². The van der Waals surface area contributed by atoms with Gasteiger partial charge in [-0.05, 0) is 44.5 Å². The highest BCUT2D eigenvalue weighted by atomic mass is 16.2. The number of carbonyl (C=O) groups excluding carboxylic acids is 2. The van der Waals surface area contributed by atoms with Crippen LogP contribution in [0.4, 0.5) is 0 Å². The molecular weight excluding hydrogens is 314 g/mol. The molecular formula is C20H31N3O2. The van der Waals surface area contributed by atoms with Crippen LogP contribution in [0.2, 0.25) is 0 Å². The summed E-state index contributed by atoms with van der Waals surface area (Å²) < 4.78 is 0. The van der Waals surface area contributed by atoms with Crippen molar-refractivity contribution in [2.45, 2.75) is 51.6 Å². The van der Waals surface area contributed by atoms with Crippen molar-refractivity contribution in [1.82, 2.24) is 15.1 Å². The third-order valence-electron chi connectivity index (χ3n) is 4.98. The molecule has 0 radical (unpaired) electrons. The molecule has 0 bridgehead atoms. The second-order valence-corrected chi connectivity index (χ2v) is 6.92. The van der Waals surface area contributed by atoms with Gasteiger partial charge in [0, 0.05) is 31.7 Å². The number of hydrogen-bond acceptors (Lipinski definition) is 3. The van der Waals surface area contributed by atoms with Crippen molar-refractivity contribution in [2.24, 2.45) is 0 Å². The SMILES string of the molecule is CCN(C(=O)CN(C)Cc1ccc(C(=O)NC)cc1)C1CCCCC1. The molecule has 25 heavy (non-hydrogen) atoms. The lowest BCUT2D eigenvalue weighted by Crippen LogP contribution is -2.45. The van der Waals surface area contributed by atoms with Crippen LogP contribution < -0.4 is 5.32 Å². The van der Waals surface area contributed by atoms with E-state index < -0.39 is 0 Å². The van der Waals surface area contributed by atoms with Gasteiger partial charge in [-0.3, -0.25) is 14.5 Å². The molecule has 0 heterocycles. The summed E-state index contributed by atoms with van der Waals surface area (Å²) in [4.78, 5) is 28.4. The molecule has 1 aliphatic rings. The maximum atomic E-state index is 12.7. The maximum Gasteiger partial charge on any atom is 0.251 e. The van der Waals surface area contributed by atoms with E-state index >= 15 is 0 Å². The Hall–Kier alpha value is -1.88. The molecule has 0 atom stereocenters. The number of nitrogens with zero attached hydrogens (tertiary/aromatic N) is 2. The van der Waals surface area contributed by atoms with Crippen LogP contribution in [0.5, 0.6) is 0 Å². The predicted molar refractivity (Wildman–Crippen MR) is 100 cm³/mol. The van der Waals surface area contributed by atoms with Gasteiger partial charge in [-0.25, -0.2) is 0 Å². The molecule has 138 valence electrons. The van der Waals surface area contributed by atoms with Gasteiger partial charge in [0.25, 0.3) is 5.91 Å². The van der Waals surface area contributed by atoms with Crippen LogP contribution in [-0.2, 0) is 11.3 Å². The minimum absolute atomic E-state index is 0.0823. The minimum atomic E-state index is -0.0823. The third-order valence-corrected chi connectivity index (χ3v) is 4.98. The number of benzene rings is 1. The van der Waals surface area contributed by atoms with E-state index in [1.165, 1.54) is 19.3 Å². The lowest BCUT2D eigenvalue weighted by atomic mass is 9.94. The van der Waals surface area contributed by atoms with Crippen molar-refractivity contribution in [3.05, 3.63) is 35.4 Å². The van der Waals surface area contributed by atoms with E-state index in [0.717, 1.165) is 24.9 Å². The zero-order valence-corrected chi connectivity index (χ0v) is 15.8. The Bertz CT molecular complexity index is 565. The van der Waals surface area contributed by atoms with Gasteiger partial charge < -0.3 is 10.2 Å². The van der Waals surface area contributed by atoms with Crippen LogP contribution in [0, 0.1) is 0 Å². The molecule has 0 unspecified atom stereocenters. The van der Waals surface area contributed by atoms with Crippen LogP contribution in [-0.4, -0.2) is 54.8 Å². The van der Waals surface area contributed by atoms with Gasteiger partial charge in [-0.15, -0.1) is 0 Å². The normalized spacial score (nSPS) is 15.2. The summed E-state index contributed by atoms with van der Waals surface area (Å²) in [5, 5.41) is 2.62. The number of amides is 2. The van der Waals surface area contributed by atoms with Gasteiger partial charge >= 0.3 is 0 Å². The average Bonchev–Trinajstić information content (AvgIpc) is 2.63. The highest BCUT2D eigenvalue weighted by molar-refractivity contribution is 5.93. The first kappa shape index (κ1) is 19.4. The second-order valence-electron chi connectivity index (χ2n) is 6.92. The van der Waals surface area contributed by atoms with Crippen LogP contribution in [0.1, 0.15) is 54.9 Å². The first-order valence-corrected chi connectivity index (χ1v) is 9.34. The van der Waals surface area contributed by atoms with E-state index in [1.54, 1.807) is 7.05 Å². The molecule has 1 fully saturated rings. The molecule has 0 spiro atoms. The number of hydrogen-bond donors (Lipinski definition) is 1. The molecule has 1 aromatic carbocycles. The Kier molecular flexibility index (Phi) is 7.44. The number of likely N-dealkylation sites (N-methyl/N-ethyl adjacent to an activating group) is 2. The van der Waals surface area contributed by atoms with Crippen molar-refractivity contribution >= 4 is 11.8 Å². The van der Waals surface area contributed by atoms with E-state index in [-0.39, 0.29) is 11.8 Å². The molecule has 0 saturated heterocycles. The van der Waals surface area contributed by atoms with Gasteiger partial charge in [-0.1, -0.05) is 31.4 Å². The highest BCUT2D eigenvalue weighted by Crippen LogP contribution is 2.22. The summed E-state index contributed by atoms with van der Waals surface area (Å²) >= 11 is 0. The molecule has 2 rings (SSSR count). The van der Waals surface area contributed by atoms with E-state index in [4.69, 9.17) is 0 Å². The first-order chi connectivity index (χ1) is 12.0. The van der Waals surface area contributed by atoms with Crippen LogP contribution in [0.3, 0.4) is 0 Å². The van der Waals surface area contributed by atoms with Crippen molar-refractivity contribution in [2.75, 3.05) is 27.2 Å². The smallest absolute Gasteiger partial charge is 0.251 e. The van der Waals surface area contributed by atoms with Crippen molar-refractivity contribution in [3.63, 3.8) is 0 Å². The molecule has 1 saturated carbocycles. The quantitative estimate of drug-likeness (QED) is 0.827. The molecule has 1 N–H and O–H groups in total. The summed E-state index contributed by atoms with van der Waals surface area (Å²) in [6, 6.07) is 7.97. The number of nitrogens with one attached hydrogen (secondary N) is 1. The summed E-state index contributed by atoms with van der Waals surface area (Å²) in [7, 11) is 3.60. The van der Waals surface area contributed by atoms with Crippen LogP contribution in [0.25, 0.3) is 0 Å². The van der Waals surface area contributed by atoms with Gasteiger partial charge in [0.1, 0.15) is 0 Å². The molecule has 0 aliphatic heterocycles. The molecule has 5 heteroatoms. The topological polar surface area (TPSA) is 52.7 Å². The van der Waals surface area contributed by atoms with Gasteiger partial charge in [0.05, 0.1) is 6.54 Å². The average molecular weight is 345 g/mol. The Morgan fingerprint density at radius 3 is 2.32 bits per heavy atom. The van der Waals surface area contributed by atoms with E-state index in [9.17, 15) is 9.59 Å². The fraction of sp³-hybridized carbons (Fsp3) is 0.600. The fourth-order valence-electron chi connectivity index (χ4n) is 3.63. The van der Waals surface area contributed by atoms with E-state index in [2.05, 4.69) is 17.1 Å². The fourth-order valence-corrected chi connectivity index (χ4v) is 3.63. The maximum absolute atomic E-state index is 12.7. The van der Waals surface area contributed by atoms with Gasteiger partial charge in [0.2, 0.25) is 5.91 Å². The zero-order chi connectivity index (χ0) is 18.2. The largest absolute Gasteiger partial charge is 0.355 e. The molecule has 0 aromatic heterocycles. The Morgan fingerprint density at radius 1 is 1.12 bits per heavy atom. The van der Waals surface area contributed by atoms with E-state index in [0.29, 0.717) is 24.7 Å². The van der Waals surface area contributed by atoms with Crippen LogP contribution >= 0.6 is 0 Å². The van der Waals surface area contributed by atoms with Gasteiger partial charge in [0.15, 0.2) is 0 Å². The lowest BCUT2D eigenvalue weighted by Gasteiger charge is -2.34. The molecule has 5 nitrogen and oxygen atoms in total.